The lowest BCUT2D eigenvalue weighted by molar-refractivity contribution is -0.385. The van der Waals surface area contributed by atoms with Gasteiger partial charge in [0, 0.05) is 44.9 Å². The van der Waals surface area contributed by atoms with Crippen molar-refractivity contribution in [2.75, 3.05) is 51.3 Å². The Kier molecular flexibility index (Phi) is 7.24. The molecule has 0 spiro atoms. The lowest BCUT2D eigenvalue weighted by atomic mass is 10.2. The minimum Gasteiger partial charge on any atom is -0.495 e. The van der Waals surface area contributed by atoms with Crippen molar-refractivity contribution in [1.29, 1.82) is 0 Å². The van der Waals surface area contributed by atoms with Gasteiger partial charge >= 0.3 is 0 Å². The Morgan fingerprint density at radius 2 is 1.83 bits per heavy atom. The number of non-ortho nitro benzene ring substituents is 1. The largest absolute Gasteiger partial charge is 0.495 e. The van der Waals surface area contributed by atoms with E-state index in [1.54, 1.807) is 7.11 Å². The Labute approximate surface area is 176 Å². The molecule has 9 nitrogen and oxygen atoms in total. The third-order valence-electron chi connectivity index (χ3n) is 5.08. The van der Waals surface area contributed by atoms with E-state index in [1.807, 2.05) is 18.2 Å². The highest BCUT2D eigenvalue weighted by molar-refractivity contribution is 7.89. The van der Waals surface area contributed by atoms with E-state index in [-0.39, 0.29) is 17.1 Å². The van der Waals surface area contributed by atoms with Crippen molar-refractivity contribution in [1.82, 2.24) is 9.62 Å². The summed E-state index contributed by atoms with van der Waals surface area (Å²) in [7, 11) is -2.10. The Bertz CT molecular complexity index is 975. The van der Waals surface area contributed by atoms with Crippen molar-refractivity contribution in [2.24, 2.45) is 0 Å². The number of anilines is 1. The van der Waals surface area contributed by atoms with Gasteiger partial charge in [-0.15, -0.1) is 0 Å². The Morgan fingerprint density at radius 1 is 1.10 bits per heavy atom. The van der Waals surface area contributed by atoms with E-state index in [1.165, 1.54) is 18.2 Å². The predicted molar refractivity (Wildman–Crippen MR) is 115 cm³/mol. The van der Waals surface area contributed by atoms with Crippen LogP contribution in [0.25, 0.3) is 0 Å². The summed E-state index contributed by atoms with van der Waals surface area (Å²) in [4.78, 5) is 14.7. The van der Waals surface area contributed by atoms with Crippen LogP contribution >= 0.6 is 0 Å². The first kappa shape index (κ1) is 22.0. The van der Waals surface area contributed by atoms with Crippen LogP contribution in [0.15, 0.2) is 53.4 Å². The van der Waals surface area contributed by atoms with Gasteiger partial charge in [0.15, 0.2) is 0 Å². The lowest BCUT2D eigenvalue weighted by Gasteiger charge is -2.36. The van der Waals surface area contributed by atoms with Crippen molar-refractivity contribution in [3.05, 3.63) is 58.6 Å². The lowest BCUT2D eigenvalue weighted by Crippen LogP contribution is -2.47. The number of hydrogen-bond donors (Lipinski definition) is 1. The number of hydrogen-bond acceptors (Lipinski definition) is 7. The number of sulfonamides is 1. The Morgan fingerprint density at radius 3 is 2.53 bits per heavy atom. The van der Waals surface area contributed by atoms with E-state index >= 15 is 0 Å². The smallest absolute Gasteiger partial charge is 0.270 e. The van der Waals surface area contributed by atoms with Gasteiger partial charge in [0.05, 0.1) is 22.6 Å². The van der Waals surface area contributed by atoms with Crippen LogP contribution in [0.1, 0.15) is 6.42 Å². The molecule has 0 bridgehead atoms. The first-order valence-corrected chi connectivity index (χ1v) is 11.2. The number of nitro benzene ring substituents is 1. The average Bonchev–Trinajstić information content (AvgIpc) is 2.77. The van der Waals surface area contributed by atoms with Crippen molar-refractivity contribution in [3.8, 4) is 5.75 Å². The summed E-state index contributed by atoms with van der Waals surface area (Å²) in [5.41, 5.74) is 0.843. The minimum absolute atomic E-state index is 0.0953. The number of ether oxygens (including phenoxy) is 1. The molecular weight excluding hydrogens is 408 g/mol. The van der Waals surface area contributed by atoms with E-state index in [0.717, 1.165) is 50.2 Å². The molecule has 0 radical (unpaired) electrons. The fraction of sp³-hybridized carbons (Fsp3) is 0.400. The summed E-state index contributed by atoms with van der Waals surface area (Å²) in [6.07, 6.45) is 0.656. The molecule has 1 aliphatic rings. The molecule has 1 N–H and O–H groups in total. The van der Waals surface area contributed by atoms with Crippen LogP contribution in [0.4, 0.5) is 11.4 Å². The van der Waals surface area contributed by atoms with Gasteiger partial charge in [-0.2, -0.15) is 0 Å². The predicted octanol–water partition coefficient (Wildman–Crippen LogP) is 2.09. The molecule has 1 fully saturated rings. The van der Waals surface area contributed by atoms with Crippen molar-refractivity contribution in [2.45, 2.75) is 11.3 Å². The van der Waals surface area contributed by atoms with Gasteiger partial charge in [0.1, 0.15) is 5.75 Å². The monoisotopic (exact) mass is 434 g/mol. The molecule has 0 aromatic heterocycles. The summed E-state index contributed by atoms with van der Waals surface area (Å²) < 4.78 is 32.7. The van der Waals surface area contributed by atoms with Crippen LogP contribution in [0, 0.1) is 10.1 Å². The first-order chi connectivity index (χ1) is 14.4. The molecule has 0 aliphatic carbocycles. The number of benzene rings is 2. The maximum absolute atomic E-state index is 12.4. The molecule has 0 amide bonds. The van der Waals surface area contributed by atoms with E-state index in [9.17, 15) is 18.5 Å². The second-order valence-corrected chi connectivity index (χ2v) is 8.77. The van der Waals surface area contributed by atoms with Gasteiger partial charge in [-0.1, -0.05) is 18.2 Å². The second-order valence-electron chi connectivity index (χ2n) is 7.01. The highest BCUT2D eigenvalue weighted by Gasteiger charge is 2.20. The molecule has 1 aliphatic heterocycles. The zero-order valence-electron chi connectivity index (χ0n) is 16.9. The van der Waals surface area contributed by atoms with Gasteiger partial charge in [0.2, 0.25) is 10.0 Å². The Balaban J connectivity index is 1.44. The molecule has 0 unspecified atom stereocenters. The van der Waals surface area contributed by atoms with E-state index in [4.69, 9.17) is 4.74 Å². The molecule has 2 aromatic carbocycles. The van der Waals surface area contributed by atoms with Gasteiger partial charge in [-0.3, -0.25) is 15.0 Å². The molecule has 0 atom stereocenters. The average molecular weight is 435 g/mol. The van der Waals surface area contributed by atoms with Gasteiger partial charge in [0.25, 0.3) is 5.69 Å². The number of nitro groups is 1. The summed E-state index contributed by atoms with van der Waals surface area (Å²) in [6.45, 7) is 4.57. The maximum atomic E-state index is 12.4. The number of para-hydroxylation sites is 2. The molecule has 30 heavy (non-hydrogen) atoms. The van der Waals surface area contributed by atoms with Crippen LogP contribution < -0.4 is 14.4 Å². The summed E-state index contributed by atoms with van der Waals surface area (Å²) in [5.74, 6) is 0.863. The summed E-state index contributed by atoms with van der Waals surface area (Å²) in [6, 6.07) is 13.0. The fourth-order valence-electron chi connectivity index (χ4n) is 3.46. The second kappa shape index (κ2) is 9.88. The summed E-state index contributed by atoms with van der Waals surface area (Å²) >= 11 is 0. The van der Waals surface area contributed by atoms with E-state index < -0.39 is 14.9 Å². The molecule has 3 rings (SSSR count). The van der Waals surface area contributed by atoms with Gasteiger partial charge in [-0.25, -0.2) is 13.1 Å². The topological polar surface area (TPSA) is 105 Å². The zero-order valence-corrected chi connectivity index (χ0v) is 17.7. The normalized spacial score (nSPS) is 15.2. The minimum atomic E-state index is -3.77. The van der Waals surface area contributed by atoms with Crippen LogP contribution in [0.3, 0.4) is 0 Å². The van der Waals surface area contributed by atoms with Crippen LogP contribution in [-0.2, 0) is 10.0 Å². The van der Waals surface area contributed by atoms with Crippen molar-refractivity contribution >= 4 is 21.4 Å². The van der Waals surface area contributed by atoms with Gasteiger partial charge in [-0.05, 0) is 31.2 Å². The number of piperazine rings is 1. The quantitative estimate of drug-likeness (QED) is 0.366. The Hall–Kier alpha value is -2.69. The molecule has 10 heteroatoms. The van der Waals surface area contributed by atoms with Gasteiger partial charge < -0.3 is 9.64 Å². The van der Waals surface area contributed by atoms with E-state index in [2.05, 4.69) is 20.6 Å². The maximum Gasteiger partial charge on any atom is 0.270 e. The standard InChI is InChI=1S/C20H26N4O5S/c1-29-20-9-3-2-8-19(20)23-14-12-22(13-15-23)11-5-10-21-30(27,28)18-7-4-6-17(16-18)24(25)26/h2-4,6-9,16,21H,5,10-15H2,1H3. The third-order valence-corrected chi connectivity index (χ3v) is 6.54. The molecule has 1 saturated heterocycles. The molecule has 162 valence electrons. The van der Waals surface area contributed by atoms with Crippen molar-refractivity contribution in [3.63, 3.8) is 0 Å². The number of nitrogens with one attached hydrogen (secondary N) is 1. The number of methoxy groups -OCH3 is 1. The SMILES string of the molecule is COc1ccccc1N1CCN(CCCNS(=O)(=O)c2cccc([N+](=O)[O-])c2)CC1. The van der Waals surface area contributed by atoms with E-state index in [0.29, 0.717) is 6.42 Å². The van der Waals surface area contributed by atoms with Crippen LogP contribution in [0.2, 0.25) is 0 Å². The molecule has 1 heterocycles. The number of rotatable bonds is 9. The van der Waals surface area contributed by atoms with Crippen LogP contribution in [-0.4, -0.2) is 64.6 Å². The van der Waals surface area contributed by atoms with Crippen molar-refractivity contribution < 1.29 is 18.1 Å². The number of nitrogens with zero attached hydrogens (tertiary/aromatic N) is 3. The molecular formula is C20H26N4O5S. The first-order valence-electron chi connectivity index (χ1n) is 9.75. The fourth-order valence-corrected chi connectivity index (χ4v) is 4.57. The third kappa shape index (κ3) is 5.47. The molecule has 2 aromatic rings. The summed E-state index contributed by atoms with van der Waals surface area (Å²) in [5, 5.41) is 10.8. The highest BCUT2D eigenvalue weighted by Crippen LogP contribution is 2.28. The highest BCUT2D eigenvalue weighted by atomic mass is 32.2. The molecule has 0 saturated carbocycles. The van der Waals surface area contributed by atoms with Crippen LogP contribution in [0.5, 0.6) is 5.75 Å². The zero-order chi connectivity index (χ0) is 21.6.